The summed E-state index contributed by atoms with van der Waals surface area (Å²) in [5.41, 5.74) is 0.589. The first-order valence-electron chi connectivity index (χ1n) is 11.0. The number of rotatable bonds is 7. The van der Waals surface area contributed by atoms with Crippen LogP contribution in [-0.4, -0.2) is 86.1 Å². The van der Waals surface area contributed by atoms with Crippen molar-refractivity contribution >= 4 is 27.5 Å². The monoisotopic (exact) mass is 502 g/mol. The Hall–Kier alpha value is -3.25. The molecule has 2 fully saturated rings. The summed E-state index contributed by atoms with van der Waals surface area (Å²) in [6, 6.07) is 10.6. The number of hydrogen-bond acceptors (Lipinski definition) is 8. The molecule has 2 aliphatic heterocycles. The number of sulfonamides is 1. The first-order chi connectivity index (χ1) is 16.8. The molecule has 1 amide bonds. The number of ether oxygens (including phenoxy) is 2. The van der Waals surface area contributed by atoms with E-state index in [1.807, 2.05) is 0 Å². The molecule has 0 radical (unpaired) electrons. The molecule has 0 bridgehead atoms. The highest BCUT2D eigenvalue weighted by Gasteiger charge is 2.45. The predicted molar refractivity (Wildman–Crippen MR) is 125 cm³/mol. The number of carbonyl (C=O) groups is 2. The number of likely N-dealkylation sites (tertiary alicyclic amines) is 1. The maximum Gasteiger partial charge on any atom is 0.295 e. The summed E-state index contributed by atoms with van der Waals surface area (Å²) in [5.74, 6) is -2.05. The van der Waals surface area contributed by atoms with Crippen LogP contribution in [0.15, 0.2) is 59.0 Å². The van der Waals surface area contributed by atoms with Gasteiger partial charge in [0.2, 0.25) is 10.0 Å². The van der Waals surface area contributed by atoms with Crippen molar-refractivity contribution in [2.75, 3.05) is 46.6 Å². The maximum absolute atomic E-state index is 13.0. The Morgan fingerprint density at radius 1 is 1.06 bits per heavy atom. The Balaban J connectivity index is 1.73. The van der Waals surface area contributed by atoms with Crippen molar-refractivity contribution in [1.29, 1.82) is 0 Å². The van der Waals surface area contributed by atoms with Crippen molar-refractivity contribution in [2.24, 2.45) is 0 Å². The molecule has 1 atom stereocenters. The fourth-order valence-electron chi connectivity index (χ4n) is 4.18. The summed E-state index contributed by atoms with van der Waals surface area (Å²) in [6.45, 7) is 1.43. The fourth-order valence-corrected chi connectivity index (χ4v) is 5.59. The quantitative estimate of drug-likeness (QED) is 0.330. The molecule has 0 aliphatic carbocycles. The van der Waals surface area contributed by atoms with Crippen LogP contribution < -0.4 is 0 Å². The van der Waals surface area contributed by atoms with Gasteiger partial charge in [-0.1, -0.05) is 12.1 Å². The van der Waals surface area contributed by atoms with Gasteiger partial charge < -0.3 is 24.6 Å². The van der Waals surface area contributed by atoms with Crippen LogP contribution in [0.25, 0.3) is 5.76 Å². The summed E-state index contributed by atoms with van der Waals surface area (Å²) in [7, 11) is -2.26. The maximum atomic E-state index is 13.0. The molecule has 2 aromatic rings. The van der Waals surface area contributed by atoms with E-state index in [9.17, 15) is 28.2 Å². The third kappa shape index (κ3) is 4.80. The molecule has 11 heteroatoms. The highest BCUT2D eigenvalue weighted by atomic mass is 32.2. The molecule has 4 rings (SSSR count). The minimum absolute atomic E-state index is 0.0136. The van der Waals surface area contributed by atoms with Crippen LogP contribution in [0.2, 0.25) is 0 Å². The van der Waals surface area contributed by atoms with Gasteiger partial charge in [-0.05, 0) is 42.0 Å². The van der Waals surface area contributed by atoms with Crippen LogP contribution >= 0.6 is 0 Å². The van der Waals surface area contributed by atoms with E-state index in [0.29, 0.717) is 18.8 Å². The number of phenols is 1. The van der Waals surface area contributed by atoms with Gasteiger partial charge in [0.25, 0.3) is 11.7 Å². The van der Waals surface area contributed by atoms with Gasteiger partial charge in [0.05, 0.1) is 36.3 Å². The minimum Gasteiger partial charge on any atom is -0.508 e. The highest BCUT2D eigenvalue weighted by molar-refractivity contribution is 7.89. The fraction of sp³-hybridized carbons (Fsp3) is 0.333. The zero-order chi connectivity index (χ0) is 25.2. The zero-order valence-corrected chi connectivity index (χ0v) is 19.9. The van der Waals surface area contributed by atoms with Gasteiger partial charge in [0.15, 0.2) is 0 Å². The number of aliphatic hydroxyl groups is 1. The number of benzene rings is 2. The van der Waals surface area contributed by atoms with Crippen molar-refractivity contribution in [1.82, 2.24) is 9.21 Å². The first-order valence-corrected chi connectivity index (χ1v) is 12.4. The van der Waals surface area contributed by atoms with E-state index in [1.165, 1.54) is 52.7 Å². The molecule has 0 spiro atoms. The number of carbonyl (C=O) groups excluding carboxylic acids is 2. The van der Waals surface area contributed by atoms with Crippen LogP contribution in [-0.2, 0) is 29.1 Å². The van der Waals surface area contributed by atoms with Crippen LogP contribution in [0, 0.1) is 0 Å². The number of Topliss-reactive ketones (excluding diaryl/α,β-unsaturated/α-hetero) is 1. The van der Waals surface area contributed by atoms with Crippen molar-refractivity contribution < 1.29 is 37.7 Å². The van der Waals surface area contributed by atoms with E-state index in [2.05, 4.69) is 0 Å². The Kier molecular flexibility index (Phi) is 7.22. The predicted octanol–water partition coefficient (Wildman–Crippen LogP) is 1.48. The topological polar surface area (TPSA) is 134 Å². The normalized spacial score (nSPS) is 20.9. The second kappa shape index (κ2) is 10.2. The van der Waals surface area contributed by atoms with Crippen molar-refractivity contribution in [3.8, 4) is 5.75 Å². The number of aliphatic hydroxyl groups excluding tert-OH is 1. The Labute approximate surface area is 203 Å². The summed E-state index contributed by atoms with van der Waals surface area (Å²) in [4.78, 5) is 27.1. The largest absolute Gasteiger partial charge is 0.508 e. The lowest BCUT2D eigenvalue weighted by atomic mass is 9.95. The third-order valence-corrected chi connectivity index (χ3v) is 7.93. The number of amides is 1. The molecule has 186 valence electrons. The van der Waals surface area contributed by atoms with E-state index in [4.69, 9.17) is 9.47 Å². The van der Waals surface area contributed by atoms with Gasteiger partial charge in [-0.15, -0.1) is 0 Å². The van der Waals surface area contributed by atoms with Crippen LogP contribution in [0.1, 0.15) is 17.2 Å². The van der Waals surface area contributed by atoms with Gasteiger partial charge in [0.1, 0.15) is 11.5 Å². The van der Waals surface area contributed by atoms with Gasteiger partial charge in [0, 0.05) is 32.3 Å². The average Bonchev–Trinajstić information content (AvgIpc) is 3.13. The number of aromatic hydroxyl groups is 1. The van der Waals surface area contributed by atoms with Crippen molar-refractivity contribution in [2.45, 2.75) is 10.9 Å². The molecule has 2 heterocycles. The number of morpholine rings is 1. The first kappa shape index (κ1) is 24.9. The van der Waals surface area contributed by atoms with Crippen molar-refractivity contribution in [3.63, 3.8) is 0 Å². The molecule has 2 aliphatic rings. The molecule has 2 saturated heterocycles. The SMILES string of the molecule is COCCN1C(=O)C(=O)/C(=C(/O)c2ccc(S(=O)(=O)N3CCOCC3)cc2)[C@H]1c1ccc(O)cc1. The lowest BCUT2D eigenvalue weighted by Gasteiger charge is -2.26. The highest BCUT2D eigenvalue weighted by Crippen LogP contribution is 2.39. The van der Waals surface area contributed by atoms with E-state index < -0.39 is 33.5 Å². The summed E-state index contributed by atoms with van der Waals surface area (Å²) in [6.07, 6.45) is 0. The number of phenolic OH excluding ortho intramolecular Hbond substituents is 1. The molecule has 0 saturated carbocycles. The summed E-state index contributed by atoms with van der Waals surface area (Å²) < 4.78 is 37.4. The Morgan fingerprint density at radius 2 is 1.69 bits per heavy atom. The molecule has 2 N–H and O–H groups in total. The Morgan fingerprint density at radius 3 is 2.29 bits per heavy atom. The average molecular weight is 503 g/mol. The summed E-state index contributed by atoms with van der Waals surface area (Å²) >= 11 is 0. The van der Waals surface area contributed by atoms with Gasteiger partial charge in [-0.3, -0.25) is 9.59 Å². The number of hydrogen-bond donors (Lipinski definition) is 2. The van der Waals surface area contributed by atoms with E-state index in [0.717, 1.165) is 0 Å². The van der Waals surface area contributed by atoms with E-state index in [-0.39, 0.29) is 48.0 Å². The third-order valence-electron chi connectivity index (χ3n) is 6.02. The number of ketones is 1. The van der Waals surface area contributed by atoms with Gasteiger partial charge in [-0.2, -0.15) is 4.31 Å². The Bertz CT molecular complexity index is 1230. The lowest BCUT2D eigenvalue weighted by Crippen LogP contribution is -2.40. The smallest absolute Gasteiger partial charge is 0.295 e. The molecular weight excluding hydrogens is 476 g/mol. The second-order valence-corrected chi connectivity index (χ2v) is 10.1. The van der Waals surface area contributed by atoms with Crippen LogP contribution in [0.4, 0.5) is 0 Å². The molecule has 2 aromatic carbocycles. The van der Waals surface area contributed by atoms with Crippen LogP contribution in [0.5, 0.6) is 5.75 Å². The number of methoxy groups -OCH3 is 1. The zero-order valence-electron chi connectivity index (χ0n) is 19.1. The van der Waals surface area contributed by atoms with Gasteiger partial charge in [-0.25, -0.2) is 8.42 Å². The van der Waals surface area contributed by atoms with E-state index >= 15 is 0 Å². The van der Waals surface area contributed by atoms with Gasteiger partial charge >= 0.3 is 0 Å². The molecule has 10 nitrogen and oxygen atoms in total. The second-order valence-electron chi connectivity index (χ2n) is 8.12. The molecule has 0 unspecified atom stereocenters. The minimum atomic E-state index is -3.73. The molecule has 0 aromatic heterocycles. The summed E-state index contributed by atoms with van der Waals surface area (Å²) in [5, 5.41) is 20.8. The van der Waals surface area contributed by atoms with Crippen LogP contribution in [0.3, 0.4) is 0 Å². The molecular formula is C24H26N2O8S. The van der Waals surface area contributed by atoms with E-state index in [1.54, 1.807) is 12.1 Å². The number of nitrogens with zero attached hydrogens (tertiary/aromatic N) is 2. The lowest BCUT2D eigenvalue weighted by molar-refractivity contribution is -0.140. The van der Waals surface area contributed by atoms with Crippen molar-refractivity contribution in [3.05, 3.63) is 65.2 Å². The standard InChI is InChI=1S/C24H26N2O8S/c1-33-13-12-26-21(16-2-6-18(27)7-3-16)20(23(29)24(26)30)22(28)17-4-8-19(9-5-17)35(31,32)25-10-14-34-15-11-25/h2-9,21,27-28H,10-15H2,1H3/b22-20+/t21-/m1/s1. The molecule has 35 heavy (non-hydrogen) atoms.